The molecule has 0 fully saturated rings. The Hall–Kier alpha value is -0.930. The van der Waals surface area contributed by atoms with Crippen molar-refractivity contribution in [2.75, 3.05) is 6.61 Å². The number of benzene rings is 1. The second kappa shape index (κ2) is 8.20. The van der Waals surface area contributed by atoms with Crippen LogP contribution in [0.2, 0.25) is 0 Å². The minimum atomic E-state index is 0.442. The quantitative estimate of drug-likeness (QED) is 0.568. The zero-order valence-corrected chi connectivity index (χ0v) is 11.3. The van der Waals surface area contributed by atoms with Gasteiger partial charge in [0.15, 0.2) is 0 Å². The molecule has 2 nitrogen and oxygen atoms in total. The van der Waals surface area contributed by atoms with Crippen molar-refractivity contribution < 1.29 is 4.74 Å². The lowest BCUT2D eigenvalue weighted by atomic mass is 10.1. The molecule has 0 bridgehead atoms. The van der Waals surface area contributed by atoms with E-state index in [1.54, 1.807) is 0 Å². The van der Waals surface area contributed by atoms with Crippen LogP contribution in [0.15, 0.2) is 24.3 Å². The monoisotopic (exact) mass is 251 g/mol. The van der Waals surface area contributed by atoms with Crippen molar-refractivity contribution in [1.29, 1.82) is 0 Å². The van der Waals surface area contributed by atoms with Gasteiger partial charge in [-0.3, -0.25) is 0 Å². The zero-order valence-electron chi connectivity index (χ0n) is 10.4. The van der Waals surface area contributed by atoms with E-state index in [-0.39, 0.29) is 0 Å². The van der Waals surface area contributed by atoms with Crippen molar-refractivity contribution in [3.63, 3.8) is 0 Å². The topological polar surface area (TPSA) is 35.2 Å². The first-order valence-corrected chi connectivity index (χ1v) is 6.61. The predicted molar refractivity (Wildman–Crippen MR) is 76.1 cm³/mol. The summed E-state index contributed by atoms with van der Waals surface area (Å²) in [6.45, 7) is 3.73. The van der Waals surface area contributed by atoms with Crippen molar-refractivity contribution in [3.8, 4) is 0 Å². The number of unbranched alkanes of at least 4 members (excludes halogenated alkanes) is 3. The summed E-state index contributed by atoms with van der Waals surface area (Å²) in [6, 6.07) is 7.91. The van der Waals surface area contributed by atoms with Gasteiger partial charge in [0.1, 0.15) is 4.99 Å². The van der Waals surface area contributed by atoms with Crippen LogP contribution in [-0.4, -0.2) is 11.6 Å². The van der Waals surface area contributed by atoms with E-state index in [1.165, 1.54) is 24.8 Å². The molecule has 2 N–H and O–H groups in total. The molecule has 1 rings (SSSR count). The molecule has 0 atom stereocenters. The molecule has 0 aliphatic carbocycles. The summed E-state index contributed by atoms with van der Waals surface area (Å²) in [7, 11) is 0. The standard InChI is InChI=1S/C14H21NOS/c1-2-3-4-5-10-16-11-12-6-8-13(9-7-12)14(15)17/h6-9H,2-5,10-11H2,1H3,(H2,15,17). The molecule has 0 aromatic heterocycles. The number of hydrogen-bond donors (Lipinski definition) is 1. The van der Waals surface area contributed by atoms with E-state index in [2.05, 4.69) is 6.92 Å². The Labute approximate surface area is 109 Å². The van der Waals surface area contributed by atoms with Crippen molar-refractivity contribution in [1.82, 2.24) is 0 Å². The second-order valence-corrected chi connectivity index (χ2v) is 4.61. The molecule has 0 saturated heterocycles. The molecule has 0 saturated carbocycles. The number of thiocarbonyl (C=S) groups is 1. The van der Waals surface area contributed by atoms with Crippen molar-refractivity contribution in [2.45, 2.75) is 39.2 Å². The van der Waals surface area contributed by atoms with Crippen LogP contribution in [0.3, 0.4) is 0 Å². The van der Waals surface area contributed by atoms with Crippen molar-refractivity contribution in [2.24, 2.45) is 5.73 Å². The van der Waals surface area contributed by atoms with Crippen LogP contribution in [-0.2, 0) is 11.3 Å². The average Bonchev–Trinajstić information content (AvgIpc) is 2.34. The van der Waals surface area contributed by atoms with Gasteiger partial charge in [-0.2, -0.15) is 0 Å². The van der Waals surface area contributed by atoms with Gasteiger partial charge in [-0.25, -0.2) is 0 Å². The number of hydrogen-bond acceptors (Lipinski definition) is 2. The smallest absolute Gasteiger partial charge is 0.103 e. The largest absolute Gasteiger partial charge is 0.389 e. The maximum atomic E-state index is 5.60. The van der Waals surface area contributed by atoms with Crippen molar-refractivity contribution in [3.05, 3.63) is 35.4 Å². The Morgan fingerprint density at radius 1 is 1.18 bits per heavy atom. The lowest BCUT2D eigenvalue weighted by Gasteiger charge is -2.05. The molecule has 0 radical (unpaired) electrons. The van der Waals surface area contributed by atoms with Gasteiger partial charge in [0, 0.05) is 12.2 Å². The molecule has 0 amide bonds. The molecule has 1 aromatic rings. The number of ether oxygens (including phenoxy) is 1. The molecule has 0 unspecified atom stereocenters. The van der Waals surface area contributed by atoms with Gasteiger partial charge in [-0.1, -0.05) is 62.7 Å². The van der Waals surface area contributed by atoms with E-state index in [0.717, 1.165) is 18.6 Å². The van der Waals surface area contributed by atoms with Crippen molar-refractivity contribution >= 4 is 17.2 Å². The van der Waals surface area contributed by atoms with Gasteiger partial charge in [0.05, 0.1) is 6.61 Å². The van der Waals surface area contributed by atoms with Gasteiger partial charge < -0.3 is 10.5 Å². The fourth-order valence-electron chi connectivity index (χ4n) is 1.59. The summed E-state index contributed by atoms with van der Waals surface area (Å²) in [5.74, 6) is 0. The zero-order chi connectivity index (χ0) is 12.5. The highest BCUT2D eigenvalue weighted by molar-refractivity contribution is 7.80. The van der Waals surface area contributed by atoms with Crippen LogP contribution in [0, 0.1) is 0 Å². The molecular weight excluding hydrogens is 230 g/mol. The van der Waals surface area contributed by atoms with Crippen LogP contribution >= 0.6 is 12.2 Å². The highest BCUT2D eigenvalue weighted by atomic mass is 32.1. The third kappa shape index (κ3) is 5.80. The minimum absolute atomic E-state index is 0.442. The highest BCUT2D eigenvalue weighted by Crippen LogP contribution is 2.06. The molecule has 1 aromatic carbocycles. The highest BCUT2D eigenvalue weighted by Gasteiger charge is 1.97. The second-order valence-electron chi connectivity index (χ2n) is 4.17. The summed E-state index contributed by atoms with van der Waals surface area (Å²) in [5.41, 5.74) is 7.61. The van der Waals surface area contributed by atoms with E-state index >= 15 is 0 Å². The normalized spacial score (nSPS) is 10.4. The van der Waals surface area contributed by atoms with Crippen LogP contribution in [0.5, 0.6) is 0 Å². The third-order valence-corrected chi connectivity index (χ3v) is 2.89. The summed E-state index contributed by atoms with van der Waals surface area (Å²) in [5, 5.41) is 0. The third-order valence-electron chi connectivity index (χ3n) is 2.65. The minimum Gasteiger partial charge on any atom is -0.389 e. The fraction of sp³-hybridized carbons (Fsp3) is 0.500. The first-order chi connectivity index (χ1) is 8.24. The summed E-state index contributed by atoms with van der Waals surface area (Å²) < 4.78 is 5.60. The summed E-state index contributed by atoms with van der Waals surface area (Å²) >= 11 is 4.90. The van der Waals surface area contributed by atoms with E-state index in [9.17, 15) is 0 Å². The van der Waals surface area contributed by atoms with Gasteiger partial charge in [0.25, 0.3) is 0 Å². The number of nitrogens with two attached hydrogens (primary N) is 1. The van der Waals surface area contributed by atoms with E-state index in [0.29, 0.717) is 11.6 Å². The first-order valence-electron chi connectivity index (χ1n) is 6.20. The van der Waals surface area contributed by atoms with Gasteiger partial charge >= 0.3 is 0 Å². The molecule has 0 spiro atoms. The Morgan fingerprint density at radius 3 is 2.47 bits per heavy atom. The molecule has 0 aliphatic rings. The van der Waals surface area contributed by atoms with E-state index in [1.807, 2.05) is 24.3 Å². The number of rotatable bonds is 8. The maximum Gasteiger partial charge on any atom is 0.103 e. The Morgan fingerprint density at radius 2 is 1.88 bits per heavy atom. The van der Waals surface area contributed by atoms with Crippen LogP contribution in [0.1, 0.15) is 43.7 Å². The van der Waals surface area contributed by atoms with E-state index < -0.39 is 0 Å². The molecule has 3 heteroatoms. The molecule has 0 aliphatic heterocycles. The molecule has 17 heavy (non-hydrogen) atoms. The lowest BCUT2D eigenvalue weighted by molar-refractivity contribution is 0.117. The maximum absolute atomic E-state index is 5.60. The average molecular weight is 251 g/mol. The first kappa shape index (κ1) is 14.1. The predicted octanol–water partition coefficient (Wildman–Crippen LogP) is 3.42. The fourth-order valence-corrected chi connectivity index (χ4v) is 1.72. The Bertz CT molecular complexity index is 335. The Kier molecular flexibility index (Phi) is 6.82. The van der Waals surface area contributed by atoms with Crippen LogP contribution in [0.25, 0.3) is 0 Å². The van der Waals surface area contributed by atoms with E-state index in [4.69, 9.17) is 22.7 Å². The lowest BCUT2D eigenvalue weighted by Crippen LogP contribution is -2.09. The van der Waals surface area contributed by atoms with Gasteiger partial charge in [-0.05, 0) is 12.0 Å². The molecular formula is C14H21NOS. The molecule has 94 valence electrons. The Balaban J connectivity index is 2.21. The molecule has 0 heterocycles. The van der Waals surface area contributed by atoms with Crippen LogP contribution in [0.4, 0.5) is 0 Å². The van der Waals surface area contributed by atoms with Gasteiger partial charge in [0.2, 0.25) is 0 Å². The summed E-state index contributed by atoms with van der Waals surface area (Å²) in [4.78, 5) is 0.442. The van der Waals surface area contributed by atoms with Crippen LogP contribution < -0.4 is 5.73 Å². The SMILES string of the molecule is CCCCCCOCc1ccc(C(N)=S)cc1. The van der Waals surface area contributed by atoms with Gasteiger partial charge in [-0.15, -0.1) is 0 Å². The summed E-state index contributed by atoms with van der Waals surface area (Å²) in [6.07, 6.45) is 4.97.